The average Bonchev–Trinajstić information content (AvgIpc) is 2.94. The molecule has 1 heterocycles. The van der Waals surface area contributed by atoms with Gasteiger partial charge >= 0.3 is 5.97 Å². The third-order valence-electron chi connectivity index (χ3n) is 6.39. The van der Waals surface area contributed by atoms with Crippen LogP contribution in [-0.4, -0.2) is 21.8 Å². The average molecular weight is 544 g/mol. The molecule has 1 aromatic heterocycles. The minimum absolute atomic E-state index is 0.0310. The summed E-state index contributed by atoms with van der Waals surface area (Å²) in [6, 6.07) is 17.0. The number of hydrogen-bond acceptors (Lipinski definition) is 5. The number of anilines is 1. The quantitative estimate of drug-likeness (QED) is 0.208. The Kier molecular flexibility index (Phi) is 8.60. The van der Waals surface area contributed by atoms with Crippen LogP contribution < -0.4 is 5.32 Å². The van der Waals surface area contributed by atoms with Gasteiger partial charge in [-0.1, -0.05) is 18.2 Å². The SMILES string of the molecule is Cc1cc(-c2ccc(NCc3cc(F)c(F)cc3-c3ccc(C(=O)CCCC(=O)O)nc3)cc2C#N)ccc1F. The van der Waals surface area contributed by atoms with Crippen molar-refractivity contribution < 1.29 is 27.9 Å². The molecule has 0 aliphatic heterocycles. The summed E-state index contributed by atoms with van der Waals surface area (Å²) in [7, 11) is 0. The van der Waals surface area contributed by atoms with E-state index in [1.54, 1.807) is 43.3 Å². The van der Waals surface area contributed by atoms with Gasteiger partial charge in [-0.2, -0.15) is 5.26 Å². The van der Waals surface area contributed by atoms with Gasteiger partial charge in [-0.15, -0.1) is 0 Å². The Hall–Kier alpha value is -4.97. The lowest BCUT2D eigenvalue weighted by Gasteiger charge is -2.14. The van der Waals surface area contributed by atoms with Crippen LogP contribution in [0.25, 0.3) is 22.3 Å². The van der Waals surface area contributed by atoms with Crippen LogP contribution in [0.1, 0.15) is 46.4 Å². The molecule has 0 aliphatic carbocycles. The van der Waals surface area contributed by atoms with Crippen LogP contribution in [0.15, 0.2) is 66.9 Å². The fourth-order valence-corrected chi connectivity index (χ4v) is 4.26. The molecule has 0 atom stereocenters. The van der Waals surface area contributed by atoms with Crippen molar-refractivity contribution in [1.82, 2.24) is 4.98 Å². The van der Waals surface area contributed by atoms with E-state index in [4.69, 9.17) is 5.11 Å². The van der Waals surface area contributed by atoms with Gasteiger partial charge in [0.2, 0.25) is 0 Å². The van der Waals surface area contributed by atoms with Crippen LogP contribution in [0.5, 0.6) is 0 Å². The number of aryl methyl sites for hydroxylation is 1. The fraction of sp³-hybridized carbons (Fsp3) is 0.161. The molecule has 0 saturated heterocycles. The zero-order chi connectivity index (χ0) is 28.8. The number of nitriles is 1. The maximum absolute atomic E-state index is 14.2. The Morgan fingerprint density at radius 3 is 2.33 bits per heavy atom. The summed E-state index contributed by atoms with van der Waals surface area (Å²) in [5, 5.41) is 21.6. The van der Waals surface area contributed by atoms with Crippen molar-refractivity contribution in [2.24, 2.45) is 0 Å². The molecular weight excluding hydrogens is 519 g/mol. The van der Waals surface area contributed by atoms with Crippen molar-refractivity contribution in [3.8, 4) is 28.3 Å². The Bertz CT molecular complexity index is 1630. The molecule has 0 bridgehead atoms. The highest BCUT2D eigenvalue weighted by molar-refractivity contribution is 5.94. The molecule has 0 radical (unpaired) electrons. The van der Waals surface area contributed by atoms with E-state index in [1.807, 2.05) is 0 Å². The maximum atomic E-state index is 14.2. The molecule has 2 N–H and O–H groups in total. The summed E-state index contributed by atoms with van der Waals surface area (Å²) in [5.41, 5.74) is 4.09. The zero-order valence-corrected chi connectivity index (χ0v) is 21.5. The second-order valence-corrected chi connectivity index (χ2v) is 9.22. The number of ketones is 1. The summed E-state index contributed by atoms with van der Waals surface area (Å²) in [6.07, 6.45) is 1.48. The molecular formula is C31H24F3N3O3. The molecule has 40 heavy (non-hydrogen) atoms. The number of halogens is 3. The zero-order valence-electron chi connectivity index (χ0n) is 21.5. The molecule has 0 spiro atoms. The van der Waals surface area contributed by atoms with E-state index in [2.05, 4.69) is 16.4 Å². The van der Waals surface area contributed by atoms with Crippen LogP contribution >= 0.6 is 0 Å². The minimum atomic E-state index is -1.04. The van der Waals surface area contributed by atoms with Gasteiger partial charge in [0.25, 0.3) is 0 Å². The number of hydrogen-bond donors (Lipinski definition) is 2. The van der Waals surface area contributed by atoms with Gasteiger partial charge in [-0.3, -0.25) is 14.6 Å². The van der Waals surface area contributed by atoms with Gasteiger partial charge < -0.3 is 10.4 Å². The van der Waals surface area contributed by atoms with Crippen molar-refractivity contribution >= 4 is 17.4 Å². The number of aliphatic carboxylic acids is 1. The molecule has 6 nitrogen and oxygen atoms in total. The van der Waals surface area contributed by atoms with Gasteiger partial charge in [0.05, 0.1) is 11.6 Å². The number of nitrogens with zero attached hydrogens (tertiary/aromatic N) is 2. The molecule has 9 heteroatoms. The van der Waals surface area contributed by atoms with Crippen LogP contribution in [0.4, 0.5) is 18.9 Å². The van der Waals surface area contributed by atoms with E-state index in [0.29, 0.717) is 44.6 Å². The van der Waals surface area contributed by atoms with Crippen molar-refractivity contribution in [3.63, 3.8) is 0 Å². The van der Waals surface area contributed by atoms with Crippen molar-refractivity contribution in [1.29, 1.82) is 5.26 Å². The Labute approximate surface area is 228 Å². The van der Waals surface area contributed by atoms with Crippen LogP contribution in [0.3, 0.4) is 0 Å². The molecule has 0 amide bonds. The number of carboxylic acid groups (broad SMARTS) is 1. The molecule has 202 valence electrons. The Balaban J connectivity index is 1.55. The first-order chi connectivity index (χ1) is 19.2. The number of aromatic nitrogens is 1. The standard InChI is InChI=1S/C31H24F3N3O3/c1-18-11-19(5-9-26(18)32)24-8-7-23(12-21(24)15-35)36-17-22-13-27(33)28(34)14-25(22)20-6-10-29(37-16-20)30(38)3-2-4-31(39)40/h5-14,16,36H,2-4,17H2,1H3,(H,39,40). The number of nitrogens with one attached hydrogen (secondary N) is 1. The number of benzene rings is 3. The normalized spacial score (nSPS) is 10.7. The number of carbonyl (C=O) groups excluding carboxylic acids is 1. The lowest BCUT2D eigenvalue weighted by molar-refractivity contribution is -0.137. The highest BCUT2D eigenvalue weighted by Crippen LogP contribution is 2.30. The molecule has 0 fully saturated rings. The summed E-state index contributed by atoms with van der Waals surface area (Å²) in [5.74, 6) is -3.71. The molecule has 4 aromatic rings. The molecule has 0 aliphatic rings. The number of rotatable bonds is 10. The Morgan fingerprint density at radius 2 is 1.65 bits per heavy atom. The third-order valence-corrected chi connectivity index (χ3v) is 6.39. The first-order valence-electron chi connectivity index (χ1n) is 12.4. The van der Waals surface area contributed by atoms with E-state index in [-0.39, 0.29) is 43.1 Å². The first kappa shape index (κ1) is 28.0. The van der Waals surface area contributed by atoms with Gasteiger partial charge in [-0.05, 0) is 83.6 Å². The molecule has 0 saturated carbocycles. The minimum Gasteiger partial charge on any atom is -0.481 e. The number of Topliss-reactive ketones (excluding diaryl/α,β-unsaturated/α-hetero) is 1. The van der Waals surface area contributed by atoms with Gasteiger partial charge in [-0.25, -0.2) is 13.2 Å². The summed E-state index contributed by atoms with van der Waals surface area (Å²) in [4.78, 5) is 27.1. The van der Waals surface area contributed by atoms with E-state index in [1.165, 1.54) is 18.3 Å². The second-order valence-electron chi connectivity index (χ2n) is 9.22. The lowest BCUT2D eigenvalue weighted by atomic mass is 9.97. The van der Waals surface area contributed by atoms with E-state index in [0.717, 1.165) is 12.1 Å². The molecule has 3 aromatic carbocycles. The van der Waals surface area contributed by atoms with Crippen LogP contribution in [-0.2, 0) is 11.3 Å². The van der Waals surface area contributed by atoms with Crippen molar-refractivity contribution in [2.45, 2.75) is 32.7 Å². The summed E-state index contributed by atoms with van der Waals surface area (Å²) < 4.78 is 42.1. The second kappa shape index (κ2) is 12.3. The van der Waals surface area contributed by atoms with Crippen molar-refractivity contribution in [3.05, 3.63) is 107 Å². The van der Waals surface area contributed by atoms with Crippen molar-refractivity contribution in [2.75, 3.05) is 5.32 Å². The van der Waals surface area contributed by atoms with Gasteiger partial charge in [0.15, 0.2) is 17.4 Å². The Morgan fingerprint density at radius 1 is 0.900 bits per heavy atom. The number of pyridine rings is 1. The van der Waals surface area contributed by atoms with Crippen LogP contribution in [0.2, 0.25) is 0 Å². The number of carboxylic acids is 1. The van der Waals surface area contributed by atoms with Gasteiger partial charge in [0, 0.05) is 36.8 Å². The predicted molar refractivity (Wildman–Crippen MR) is 144 cm³/mol. The highest BCUT2D eigenvalue weighted by atomic mass is 19.2. The monoisotopic (exact) mass is 543 g/mol. The summed E-state index contributed by atoms with van der Waals surface area (Å²) >= 11 is 0. The fourth-order valence-electron chi connectivity index (χ4n) is 4.26. The van der Waals surface area contributed by atoms with Crippen LogP contribution in [0, 0.1) is 35.7 Å². The smallest absolute Gasteiger partial charge is 0.303 e. The lowest BCUT2D eigenvalue weighted by Crippen LogP contribution is -2.05. The predicted octanol–water partition coefficient (Wildman–Crippen LogP) is 7.06. The van der Waals surface area contributed by atoms with Gasteiger partial charge in [0.1, 0.15) is 11.5 Å². The molecule has 0 unspecified atom stereocenters. The largest absolute Gasteiger partial charge is 0.481 e. The molecule has 4 rings (SSSR count). The van der Waals surface area contributed by atoms with E-state index < -0.39 is 17.6 Å². The highest BCUT2D eigenvalue weighted by Gasteiger charge is 2.15. The summed E-state index contributed by atoms with van der Waals surface area (Å²) in [6.45, 7) is 1.73. The van der Waals surface area contributed by atoms with E-state index >= 15 is 0 Å². The number of carbonyl (C=O) groups is 2. The first-order valence-corrected chi connectivity index (χ1v) is 12.4. The van der Waals surface area contributed by atoms with E-state index in [9.17, 15) is 28.0 Å². The topological polar surface area (TPSA) is 103 Å². The third kappa shape index (κ3) is 6.53. The maximum Gasteiger partial charge on any atom is 0.303 e.